The van der Waals surface area contributed by atoms with Crippen LogP contribution in [-0.4, -0.2) is 11.9 Å². The molecule has 2 heteroatoms. The number of rotatable bonds is 3. The van der Waals surface area contributed by atoms with Crippen molar-refractivity contribution in [3.8, 4) is 0 Å². The van der Waals surface area contributed by atoms with E-state index in [2.05, 4.69) is 5.32 Å². The van der Waals surface area contributed by atoms with Crippen molar-refractivity contribution in [3.05, 3.63) is 0 Å². The Bertz CT molecular complexity index is 170. The van der Waals surface area contributed by atoms with Gasteiger partial charge < -0.3 is 5.32 Å². The van der Waals surface area contributed by atoms with Gasteiger partial charge in [0.05, 0.1) is 0 Å². The summed E-state index contributed by atoms with van der Waals surface area (Å²) in [5.74, 6) is 1.00. The molecule has 2 nitrogen and oxygen atoms in total. The Labute approximate surface area is 86.5 Å². The Balaban J connectivity index is 1.66. The van der Waals surface area contributed by atoms with E-state index < -0.39 is 0 Å². The highest BCUT2D eigenvalue weighted by molar-refractivity contribution is 5.76. The molecular formula is C12H21NO. The molecule has 2 aliphatic rings. The lowest BCUT2D eigenvalue weighted by Crippen LogP contribution is -2.33. The van der Waals surface area contributed by atoms with Crippen molar-refractivity contribution in [3.63, 3.8) is 0 Å². The molecule has 2 saturated carbocycles. The molecular weight excluding hydrogens is 174 g/mol. The molecule has 0 radical (unpaired) electrons. The van der Waals surface area contributed by atoms with Crippen LogP contribution in [0.1, 0.15) is 57.8 Å². The second-order valence-corrected chi connectivity index (χ2v) is 4.90. The predicted octanol–water partition coefficient (Wildman–Crippen LogP) is 2.63. The van der Waals surface area contributed by atoms with Gasteiger partial charge in [-0.05, 0) is 31.6 Å². The zero-order valence-electron chi connectivity index (χ0n) is 8.93. The standard InChI is InChI=1S/C12H21NO/c14-12(9-10-5-1-2-6-10)13-11-7-3-4-8-11/h10-11H,1-9H2,(H,13,14). The van der Waals surface area contributed by atoms with Gasteiger partial charge in [0.25, 0.3) is 0 Å². The summed E-state index contributed by atoms with van der Waals surface area (Å²) < 4.78 is 0. The van der Waals surface area contributed by atoms with Gasteiger partial charge in [-0.25, -0.2) is 0 Å². The highest BCUT2D eigenvalue weighted by Gasteiger charge is 2.21. The summed E-state index contributed by atoms with van der Waals surface area (Å²) >= 11 is 0. The Hall–Kier alpha value is -0.530. The summed E-state index contributed by atoms with van der Waals surface area (Å²) in [5, 5.41) is 3.17. The molecule has 0 atom stereocenters. The normalized spacial score (nSPS) is 24.3. The van der Waals surface area contributed by atoms with Gasteiger partial charge in [-0.3, -0.25) is 4.79 Å². The summed E-state index contributed by atoms with van der Waals surface area (Å²) in [4.78, 5) is 11.6. The fourth-order valence-electron chi connectivity index (χ4n) is 2.83. The highest BCUT2D eigenvalue weighted by Crippen LogP contribution is 2.27. The summed E-state index contributed by atoms with van der Waals surface area (Å²) in [6.45, 7) is 0. The molecule has 2 aliphatic carbocycles. The number of nitrogens with one attached hydrogen (secondary N) is 1. The van der Waals surface area contributed by atoms with Gasteiger partial charge in [0.2, 0.25) is 5.91 Å². The Morgan fingerprint density at radius 1 is 1.00 bits per heavy atom. The monoisotopic (exact) mass is 195 g/mol. The van der Waals surface area contributed by atoms with E-state index in [1.807, 2.05) is 0 Å². The Kier molecular flexibility index (Phi) is 3.44. The zero-order chi connectivity index (χ0) is 9.80. The van der Waals surface area contributed by atoms with Gasteiger partial charge in [0, 0.05) is 12.5 Å². The molecule has 0 aliphatic heterocycles. The van der Waals surface area contributed by atoms with Gasteiger partial charge in [-0.1, -0.05) is 25.7 Å². The molecule has 14 heavy (non-hydrogen) atoms. The maximum absolute atomic E-state index is 11.6. The van der Waals surface area contributed by atoms with Gasteiger partial charge >= 0.3 is 0 Å². The van der Waals surface area contributed by atoms with E-state index >= 15 is 0 Å². The Morgan fingerprint density at radius 3 is 2.21 bits per heavy atom. The van der Waals surface area contributed by atoms with Gasteiger partial charge in [-0.2, -0.15) is 0 Å². The van der Waals surface area contributed by atoms with Crippen LogP contribution in [0.2, 0.25) is 0 Å². The molecule has 0 saturated heterocycles. The van der Waals surface area contributed by atoms with Crippen molar-refractivity contribution in [2.24, 2.45) is 5.92 Å². The first-order valence-electron chi connectivity index (χ1n) is 6.14. The van der Waals surface area contributed by atoms with Crippen LogP contribution in [0.4, 0.5) is 0 Å². The summed E-state index contributed by atoms with van der Waals surface area (Å²) in [6.07, 6.45) is 11.0. The van der Waals surface area contributed by atoms with E-state index in [9.17, 15) is 4.79 Å². The van der Waals surface area contributed by atoms with Gasteiger partial charge in [-0.15, -0.1) is 0 Å². The molecule has 0 unspecified atom stereocenters. The minimum Gasteiger partial charge on any atom is -0.353 e. The largest absolute Gasteiger partial charge is 0.353 e. The van der Waals surface area contributed by atoms with Crippen LogP contribution in [0, 0.1) is 5.92 Å². The van der Waals surface area contributed by atoms with Crippen LogP contribution >= 0.6 is 0 Å². The van der Waals surface area contributed by atoms with E-state index in [4.69, 9.17) is 0 Å². The van der Waals surface area contributed by atoms with E-state index in [0.717, 1.165) is 6.42 Å². The second kappa shape index (κ2) is 4.81. The molecule has 2 rings (SSSR count). The maximum atomic E-state index is 11.6. The van der Waals surface area contributed by atoms with Crippen LogP contribution < -0.4 is 5.32 Å². The van der Waals surface area contributed by atoms with Gasteiger partial charge in [0.1, 0.15) is 0 Å². The molecule has 1 amide bonds. The molecule has 80 valence electrons. The summed E-state index contributed by atoms with van der Waals surface area (Å²) in [7, 11) is 0. The van der Waals surface area contributed by atoms with Crippen molar-refractivity contribution in [2.45, 2.75) is 63.8 Å². The Morgan fingerprint density at radius 2 is 1.57 bits per heavy atom. The summed E-state index contributed by atoms with van der Waals surface area (Å²) in [6, 6.07) is 0.504. The average Bonchev–Trinajstić information content (AvgIpc) is 2.76. The molecule has 0 aromatic rings. The number of amides is 1. The fraction of sp³-hybridized carbons (Fsp3) is 0.917. The SMILES string of the molecule is O=C(CC1CCCC1)NC1CCCC1. The minimum atomic E-state index is 0.309. The van der Waals surface area contributed by atoms with E-state index in [0.29, 0.717) is 17.9 Å². The van der Waals surface area contributed by atoms with E-state index in [-0.39, 0.29) is 0 Å². The van der Waals surface area contributed by atoms with Crippen LogP contribution in [0.3, 0.4) is 0 Å². The first-order valence-corrected chi connectivity index (χ1v) is 6.14. The number of hydrogen-bond donors (Lipinski definition) is 1. The lowest BCUT2D eigenvalue weighted by molar-refractivity contribution is -0.122. The number of carbonyl (C=O) groups is 1. The summed E-state index contributed by atoms with van der Waals surface area (Å²) in [5.41, 5.74) is 0. The molecule has 0 aromatic carbocycles. The lowest BCUT2D eigenvalue weighted by atomic mass is 10.0. The fourth-order valence-corrected chi connectivity index (χ4v) is 2.83. The smallest absolute Gasteiger partial charge is 0.220 e. The molecule has 2 fully saturated rings. The van der Waals surface area contributed by atoms with Crippen molar-refractivity contribution < 1.29 is 4.79 Å². The highest BCUT2D eigenvalue weighted by atomic mass is 16.1. The van der Waals surface area contributed by atoms with Crippen molar-refractivity contribution >= 4 is 5.91 Å². The van der Waals surface area contributed by atoms with Crippen molar-refractivity contribution in [2.75, 3.05) is 0 Å². The molecule has 0 aromatic heterocycles. The molecule has 1 N–H and O–H groups in total. The third kappa shape index (κ3) is 2.73. The predicted molar refractivity (Wildman–Crippen MR) is 57.0 cm³/mol. The topological polar surface area (TPSA) is 29.1 Å². The second-order valence-electron chi connectivity index (χ2n) is 4.90. The van der Waals surface area contributed by atoms with Crippen LogP contribution in [0.25, 0.3) is 0 Å². The van der Waals surface area contributed by atoms with Gasteiger partial charge in [0.15, 0.2) is 0 Å². The third-order valence-corrected chi connectivity index (χ3v) is 3.67. The number of carbonyl (C=O) groups excluding carboxylic acids is 1. The molecule has 0 heterocycles. The first-order chi connectivity index (χ1) is 6.84. The van der Waals surface area contributed by atoms with Crippen LogP contribution in [0.5, 0.6) is 0 Å². The van der Waals surface area contributed by atoms with E-state index in [1.165, 1.54) is 51.4 Å². The van der Waals surface area contributed by atoms with Crippen molar-refractivity contribution in [1.29, 1.82) is 0 Å². The van der Waals surface area contributed by atoms with Crippen LogP contribution in [0.15, 0.2) is 0 Å². The van der Waals surface area contributed by atoms with Crippen LogP contribution in [-0.2, 0) is 4.79 Å². The van der Waals surface area contributed by atoms with Crippen molar-refractivity contribution in [1.82, 2.24) is 5.32 Å². The lowest BCUT2D eigenvalue weighted by Gasteiger charge is -2.14. The first kappa shape index (κ1) is 10.0. The molecule has 0 spiro atoms. The zero-order valence-corrected chi connectivity index (χ0v) is 8.93. The average molecular weight is 195 g/mol. The third-order valence-electron chi connectivity index (χ3n) is 3.67. The number of hydrogen-bond acceptors (Lipinski definition) is 1. The molecule has 0 bridgehead atoms. The quantitative estimate of drug-likeness (QED) is 0.737. The van der Waals surface area contributed by atoms with E-state index in [1.54, 1.807) is 0 Å². The maximum Gasteiger partial charge on any atom is 0.220 e. The minimum absolute atomic E-state index is 0.309.